The number of carbonyl (C=O) groups excluding carboxylic acids is 2. The van der Waals surface area contributed by atoms with Gasteiger partial charge in [-0.1, -0.05) is 18.2 Å². The van der Waals surface area contributed by atoms with Crippen molar-refractivity contribution in [2.45, 2.75) is 50.6 Å². The standard InChI is InChI=1S/C22H26N2O3/c1-27-20(26)21-9-15-8-16(10-21)12-22(11-15,14-21)23-19(25)13-24-7-6-17-4-2-3-5-18(17)24/h2-7,15-16H,8-14H2,1H3,(H,23,25)/t15-,16-,21?,22?/m1/s1. The fourth-order valence-electron chi connectivity index (χ4n) is 6.63. The number of methoxy groups -OCH3 is 1. The predicted octanol–water partition coefficient (Wildman–Crippen LogP) is 3.27. The zero-order chi connectivity index (χ0) is 18.6. The molecule has 4 aliphatic rings. The molecule has 27 heavy (non-hydrogen) atoms. The molecular weight excluding hydrogens is 340 g/mol. The third-order valence-corrected chi connectivity index (χ3v) is 7.08. The molecule has 1 N–H and O–H groups in total. The molecule has 2 aromatic rings. The lowest BCUT2D eigenvalue weighted by atomic mass is 9.47. The van der Waals surface area contributed by atoms with Gasteiger partial charge in [0, 0.05) is 17.3 Å². The first-order valence-corrected chi connectivity index (χ1v) is 9.94. The number of fused-ring (bicyclic) bond motifs is 1. The fourth-order valence-corrected chi connectivity index (χ4v) is 6.63. The van der Waals surface area contributed by atoms with Crippen LogP contribution in [0.3, 0.4) is 0 Å². The Morgan fingerprint density at radius 1 is 1.15 bits per heavy atom. The molecule has 0 unspecified atom stereocenters. The fraction of sp³-hybridized carbons (Fsp3) is 0.545. The maximum Gasteiger partial charge on any atom is 0.311 e. The lowest BCUT2D eigenvalue weighted by Gasteiger charge is -2.60. The van der Waals surface area contributed by atoms with Crippen molar-refractivity contribution < 1.29 is 14.3 Å². The first-order chi connectivity index (χ1) is 13.0. The topological polar surface area (TPSA) is 60.3 Å². The number of benzene rings is 1. The molecule has 1 amide bonds. The maximum absolute atomic E-state index is 12.9. The van der Waals surface area contributed by atoms with Crippen LogP contribution in [0, 0.1) is 17.3 Å². The monoisotopic (exact) mass is 366 g/mol. The van der Waals surface area contributed by atoms with Gasteiger partial charge in [-0.25, -0.2) is 0 Å². The molecule has 2 atom stereocenters. The SMILES string of the molecule is COC(=O)C12C[C@H]3C[C@@H](CC(NC(=O)Cn4ccc5ccccc54)(C3)C1)C2. The Hall–Kier alpha value is -2.30. The highest BCUT2D eigenvalue weighted by Gasteiger charge is 2.61. The van der Waals surface area contributed by atoms with E-state index in [0.717, 1.165) is 43.0 Å². The number of nitrogens with one attached hydrogen (secondary N) is 1. The summed E-state index contributed by atoms with van der Waals surface area (Å²) in [6.45, 7) is 0.315. The van der Waals surface area contributed by atoms with Crippen LogP contribution in [0.5, 0.6) is 0 Å². The van der Waals surface area contributed by atoms with Gasteiger partial charge in [0.15, 0.2) is 0 Å². The summed E-state index contributed by atoms with van der Waals surface area (Å²) in [7, 11) is 1.49. The normalized spacial score (nSPS) is 34.0. The van der Waals surface area contributed by atoms with E-state index in [4.69, 9.17) is 4.74 Å². The summed E-state index contributed by atoms with van der Waals surface area (Å²) in [6, 6.07) is 10.1. The van der Waals surface area contributed by atoms with Crippen molar-refractivity contribution in [2.75, 3.05) is 7.11 Å². The van der Waals surface area contributed by atoms with Crippen molar-refractivity contribution in [3.05, 3.63) is 36.5 Å². The van der Waals surface area contributed by atoms with E-state index in [1.54, 1.807) is 0 Å². The van der Waals surface area contributed by atoms with Gasteiger partial charge in [-0.05, 0) is 67.9 Å². The summed E-state index contributed by atoms with van der Waals surface area (Å²) in [6.07, 6.45) is 7.75. The van der Waals surface area contributed by atoms with E-state index in [1.165, 1.54) is 13.5 Å². The second kappa shape index (κ2) is 5.85. The zero-order valence-electron chi connectivity index (χ0n) is 15.7. The van der Waals surface area contributed by atoms with Crippen molar-refractivity contribution in [3.8, 4) is 0 Å². The molecule has 4 aliphatic carbocycles. The Morgan fingerprint density at radius 2 is 1.89 bits per heavy atom. The van der Waals surface area contributed by atoms with Crippen LogP contribution in [0.1, 0.15) is 38.5 Å². The first kappa shape index (κ1) is 16.8. The highest BCUT2D eigenvalue weighted by molar-refractivity contribution is 5.84. The van der Waals surface area contributed by atoms with Gasteiger partial charge in [0.25, 0.3) is 0 Å². The Balaban J connectivity index is 1.37. The molecule has 0 saturated heterocycles. The smallest absolute Gasteiger partial charge is 0.311 e. The molecule has 0 aliphatic heterocycles. The van der Waals surface area contributed by atoms with E-state index in [2.05, 4.69) is 11.4 Å². The average molecular weight is 366 g/mol. The maximum atomic E-state index is 12.9. The Kier molecular flexibility index (Phi) is 3.65. The van der Waals surface area contributed by atoms with Crippen molar-refractivity contribution in [3.63, 3.8) is 0 Å². The van der Waals surface area contributed by atoms with Gasteiger partial charge in [0.1, 0.15) is 6.54 Å². The minimum Gasteiger partial charge on any atom is -0.469 e. The minimum absolute atomic E-state index is 0.0401. The van der Waals surface area contributed by atoms with Gasteiger partial charge < -0.3 is 14.6 Å². The Labute approximate surface area is 159 Å². The molecule has 4 bridgehead atoms. The number of amides is 1. The second-order valence-electron chi connectivity index (χ2n) is 9.06. The molecular formula is C22H26N2O3. The van der Waals surface area contributed by atoms with Crippen molar-refractivity contribution in [1.82, 2.24) is 9.88 Å². The molecule has 1 aromatic carbocycles. The summed E-state index contributed by atoms with van der Waals surface area (Å²) >= 11 is 0. The average Bonchev–Trinajstić information content (AvgIpc) is 3.02. The highest BCUT2D eigenvalue weighted by atomic mass is 16.5. The number of hydrogen-bond donors (Lipinski definition) is 1. The first-order valence-electron chi connectivity index (χ1n) is 9.94. The van der Waals surface area contributed by atoms with Crippen LogP contribution in [0.4, 0.5) is 0 Å². The molecule has 0 radical (unpaired) electrons. The van der Waals surface area contributed by atoms with Crippen LogP contribution < -0.4 is 5.32 Å². The lowest BCUT2D eigenvalue weighted by Crippen LogP contribution is -2.65. The van der Waals surface area contributed by atoms with E-state index >= 15 is 0 Å². The molecule has 6 rings (SSSR count). The number of hydrogen-bond acceptors (Lipinski definition) is 3. The summed E-state index contributed by atoms with van der Waals surface area (Å²) < 4.78 is 7.16. The Morgan fingerprint density at radius 3 is 2.63 bits per heavy atom. The number of esters is 1. The molecule has 1 heterocycles. The zero-order valence-corrected chi connectivity index (χ0v) is 15.7. The number of rotatable bonds is 4. The molecule has 5 heteroatoms. The molecule has 142 valence electrons. The van der Waals surface area contributed by atoms with Gasteiger partial charge in [-0.3, -0.25) is 9.59 Å². The third kappa shape index (κ3) is 2.67. The van der Waals surface area contributed by atoms with Crippen molar-refractivity contribution in [1.29, 1.82) is 0 Å². The van der Waals surface area contributed by atoms with Crippen molar-refractivity contribution >= 4 is 22.8 Å². The number of para-hydroxylation sites is 1. The van der Waals surface area contributed by atoms with Gasteiger partial charge in [-0.15, -0.1) is 0 Å². The predicted molar refractivity (Wildman–Crippen MR) is 102 cm³/mol. The van der Waals surface area contributed by atoms with E-state index in [1.807, 2.05) is 35.0 Å². The van der Waals surface area contributed by atoms with Crippen LogP contribution in [0.15, 0.2) is 36.5 Å². The minimum atomic E-state index is -0.383. The second-order valence-corrected chi connectivity index (χ2v) is 9.06. The summed E-state index contributed by atoms with van der Waals surface area (Å²) in [4.78, 5) is 25.5. The molecule has 0 spiro atoms. The lowest BCUT2D eigenvalue weighted by molar-refractivity contribution is -0.173. The molecule has 5 nitrogen and oxygen atoms in total. The van der Waals surface area contributed by atoms with Gasteiger partial charge in [0.2, 0.25) is 5.91 Å². The largest absolute Gasteiger partial charge is 0.469 e. The van der Waals surface area contributed by atoms with Crippen LogP contribution in [-0.2, 0) is 20.9 Å². The van der Waals surface area contributed by atoms with E-state index in [-0.39, 0.29) is 22.8 Å². The number of carbonyl (C=O) groups is 2. The van der Waals surface area contributed by atoms with Gasteiger partial charge in [-0.2, -0.15) is 0 Å². The number of nitrogens with zero attached hydrogens (tertiary/aromatic N) is 1. The summed E-state index contributed by atoms with van der Waals surface area (Å²) in [5.41, 5.74) is 0.453. The van der Waals surface area contributed by atoms with E-state index in [0.29, 0.717) is 18.4 Å². The summed E-state index contributed by atoms with van der Waals surface area (Å²) in [5.74, 6) is 1.01. The molecule has 4 saturated carbocycles. The van der Waals surface area contributed by atoms with E-state index < -0.39 is 0 Å². The van der Waals surface area contributed by atoms with Gasteiger partial charge >= 0.3 is 5.97 Å². The van der Waals surface area contributed by atoms with Gasteiger partial charge in [0.05, 0.1) is 12.5 Å². The highest BCUT2D eigenvalue weighted by Crippen LogP contribution is 2.62. The van der Waals surface area contributed by atoms with Crippen LogP contribution in [0.2, 0.25) is 0 Å². The van der Waals surface area contributed by atoms with Crippen LogP contribution >= 0.6 is 0 Å². The van der Waals surface area contributed by atoms with E-state index in [9.17, 15) is 9.59 Å². The summed E-state index contributed by atoms with van der Waals surface area (Å²) in [5, 5.41) is 4.51. The quantitative estimate of drug-likeness (QED) is 0.845. The van der Waals surface area contributed by atoms with Crippen LogP contribution in [-0.4, -0.2) is 29.1 Å². The Bertz CT molecular complexity index is 901. The van der Waals surface area contributed by atoms with Crippen LogP contribution in [0.25, 0.3) is 10.9 Å². The molecule has 4 fully saturated rings. The third-order valence-electron chi connectivity index (χ3n) is 7.08. The van der Waals surface area contributed by atoms with Crippen molar-refractivity contribution in [2.24, 2.45) is 17.3 Å². The molecule has 1 aromatic heterocycles. The number of aromatic nitrogens is 1. The number of ether oxygens (including phenoxy) is 1.